The summed E-state index contributed by atoms with van der Waals surface area (Å²) in [7, 11) is 1.70. The number of aromatic nitrogens is 2. The minimum Gasteiger partial charge on any atom is -0.374 e. The van der Waals surface area contributed by atoms with Crippen LogP contribution in [0.25, 0.3) is 0 Å². The molecule has 1 atom stereocenters. The number of nitrogens with one attached hydrogen (secondary N) is 2. The predicted octanol–water partition coefficient (Wildman–Crippen LogP) is -0.819. The summed E-state index contributed by atoms with van der Waals surface area (Å²) < 4.78 is 7.00. The molecule has 1 aliphatic rings. The second-order valence-electron chi connectivity index (χ2n) is 3.77. The number of hydrogen-bond donors (Lipinski definition) is 2. The molecule has 16 heavy (non-hydrogen) atoms. The van der Waals surface area contributed by atoms with Crippen LogP contribution in [0.2, 0.25) is 0 Å². The maximum Gasteiger partial charge on any atom is 0.293 e. The summed E-state index contributed by atoms with van der Waals surface area (Å²) in [5.41, 5.74) is -0.119. The van der Waals surface area contributed by atoms with Gasteiger partial charge in [-0.2, -0.15) is 0 Å². The molecule has 1 aromatic heterocycles. The van der Waals surface area contributed by atoms with Crippen LogP contribution in [0.3, 0.4) is 0 Å². The zero-order valence-electron chi connectivity index (χ0n) is 9.27. The van der Waals surface area contributed by atoms with Gasteiger partial charge in [-0.3, -0.25) is 4.79 Å². The quantitative estimate of drug-likeness (QED) is 0.702. The van der Waals surface area contributed by atoms with Gasteiger partial charge in [0, 0.05) is 39.1 Å². The highest BCUT2D eigenvalue weighted by atomic mass is 16.5. The lowest BCUT2D eigenvalue weighted by Gasteiger charge is -2.23. The van der Waals surface area contributed by atoms with Crippen molar-refractivity contribution in [2.75, 3.05) is 31.6 Å². The second-order valence-corrected chi connectivity index (χ2v) is 3.77. The third-order valence-electron chi connectivity index (χ3n) is 2.52. The maximum absolute atomic E-state index is 11.6. The summed E-state index contributed by atoms with van der Waals surface area (Å²) in [6.07, 6.45) is 3.33. The molecule has 0 radical (unpaired) electrons. The summed E-state index contributed by atoms with van der Waals surface area (Å²) in [6.45, 7) is 3.01. The summed E-state index contributed by atoms with van der Waals surface area (Å²) in [5, 5.41) is 6.24. The van der Waals surface area contributed by atoms with Gasteiger partial charge in [-0.05, 0) is 0 Å². The first kappa shape index (κ1) is 11.1. The summed E-state index contributed by atoms with van der Waals surface area (Å²) in [5.74, 6) is 0.374. The standard InChI is InChI=1S/C10H16N4O2/c1-14-4-2-12-9(10(14)15)13-7-8-6-11-3-5-16-8/h2,4,8,11H,3,5-7H2,1H3,(H,12,13)/t8-/m1/s1. The predicted molar refractivity (Wildman–Crippen MR) is 60.6 cm³/mol. The molecule has 2 N–H and O–H groups in total. The Labute approximate surface area is 93.6 Å². The van der Waals surface area contributed by atoms with Crippen LogP contribution in [0.4, 0.5) is 5.82 Å². The number of nitrogens with zero attached hydrogens (tertiary/aromatic N) is 2. The van der Waals surface area contributed by atoms with E-state index in [0.29, 0.717) is 19.0 Å². The fourth-order valence-corrected chi connectivity index (χ4v) is 1.58. The first-order valence-corrected chi connectivity index (χ1v) is 5.35. The van der Waals surface area contributed by atoms with Crippen molar-refractivity contribution in [2.45, 2.75) is 6.10 Å². The fraction of sp³-hybridized carbons (Fsp3) is 0.600. The van der Waals surface area contributed by atoms with E-state index in [-0.39, 0.29) is 11.7 Å². The third-order valence-corrected chi connectivity index (χ3v) is 2.52. The monoisotopic (exact) mass is 224 g/mol. The van der Waals surface area contributed by atoms with Gasteiger partial charge in [-0.1, -0.05) is 0 Å². The molecular weight excluding hydrogens is 208 g/mol. The normalized spacial score (nSPS) is 20.7. The number of aryl methyl sites for hydroxylation is 1. The number of morpholine rings is 1. The van der Waals surface area contributed by atoms with Gasteiger partial charge in [0.15, 0.2) is 5.82 Å². The van der Waals surface area contributed by atoms with Crippen molar-refractivity contribution in [1.82, 2.24) is 14.9 Å². The van der Waals surface area contributed by atoms with E-state index in [9.17, 15) is 4.79 Å². The maximum atomic E-state index is 11.6. The smallest absolute Gasteiger partial charge is 0.293 e. The zero-order valence-corrected chi connectivity index (χ0v) is 9.27. The molecule has 1 fully saturated rings. The minimum atomic E-state index is -0.119. The molecule has 6 heteroatoms. The Balaban J connectivity index is 1.94. The van der Waals surface area contributed by atoms with E-state index >= 15 is 0 Å². The second kappa shape index (κ2) is 5.09. The lowest BCUT2D eigenvalue weighted by Crippen LogP contribution is -2.42. The van der Waals surface area contributed by atoms with Crippen LogP contribution in [0, 0.1) is 0 Å². The molecule has 0 spiro atoms. The van der Waals surface area contributed by atoms with Gasteiger partial charge in [0.2, 0.25) is 0 Å². The molecule has 0 aliphatic carbocycles. The molecule has 2 heterocycles. The highest BCUT2D eigenvalue weighted by Gasteiger charge is 2.13. The fourth-order valence-electron chi connectivity index (χ4n) is 1.58. The van der Waals surface area contributed by atoms with Crippen molar-refractivity contribution in [2.24, 2.45) is 7.05 Å². The van der Waals surface area contributed by atoms with Crippen molar-refractivity contribution in [3.05, 3.63) is 22.7 Å². The van der Waals surface area contributed by atoms with Gasteiger partial charge in [0.05, 0.1) is 12.7 Å². The molecular formula is C10H16N4O2. The molecule has 0 amide bonds. The van der Waals surface area contributed by atoms with Gasteiger partial charge >= 0.3 is 0 Å². The van der Waals surface area contributed by atoms with Crippen LogP contribution in [0.15, 0.2) is 17.2 Å². The summed E-state index contributed by atoms with van der Waals surface area (Å²) >= 11 is 0. The van der Waals surface area contributed by atoms with E-state index < -0.39 is 0 Å². The van der Waals surface area contributed by atoms with Crippen molar-refractivity contribution < 1.29 is 4.74 Å². The average Bonchev–Trinajstić information content (AvgIpc) is 2.32. The van der Waals surface area contributed by atoms with E-state index in [1.165, 1.54) is 4.57 Å². The van der Waals surface area contributed by atoms with E-state index in [4.69, 9.17) is 4.74 Å². The third kappa shape index (κ3) is 2.59. The van der Waals surface area contributed by atoms with Crippen LogP contribution >= 0.6 is 0 Å². The molecule has 1 aliphatic heterocycles. The van der Waals surface area contributed by atoms with Crippen LogP contribution in [-0.4, -0.2) is 41.9 Å². The van der Waals surface area contributed by atoms with Crippen LogP contribution in [-0.2, 0) is 11.8 Å². The molecule has 2 rings (SSSR count). The molecule has 1 aromatic rings. The molecule has 0 bridgehead atoms. The first-order chi connectivity index (χ1) is 7.77. The van der Waals surface area contributed by atoms with Crippen molar-refractivity contribution in [3.63, 3.8) is 0 Å². The Bertz CT molecular complexity index is 398. The zero-order chi connectivity index (χ0) is 11.4. The van der Waals surface area contributed by atoms with Gasteiger partial charge in [0.1, 0.15) is 0 Å². The molecule has 6 nitrogen and oxygen atoms in total. The first-order valence-electron chi connectivity index (χ1n) is 5.35. The number of anilines is 1. The molecule has 0 aromatic carbocycles. The highest BCUT2D eigenvalue weighted by Crippen LogP contribution is 1.98. The van der Waals surface area contributed by atoms with E-state index in [2.05, 4.69) is 15.6 Å². The number of rotatable bonds is 3. The van der Waals surface area contributed by atoms with Gasteiger partial charge in [-0.25, -0.2) is 4.98 Å². The largest absolute Gasteiger partial charge is 0.374 e. The van der Waals surface area contributed by atoms with E-state index in [1.54, 1.807) is 19.4 Å². The average molecular weight is 224 g/mol. The van der Waals surface area contributed by atoms with Crippen LogP contribution in [0.5, 0.6) is 0 Å². The van der Waals surface area contributed by atoms with Crippen LogP contribution < -0.4 is 16.2 Å². The van der Waals surface area contributed by atoms with Crippen LogP contribution in [0.1, 0.15) is 0 Å². The summed E-state index contributed by atoms with van der Waals surface area (Å²) in [4.78, 5) is 15.6. The lowest BCUT2D eigenvalue weighted by molar-refractivity contribution is 0.0371. The SMILES string of the molecule is Cn1ccnc(NC[C@H]2CNCCO2)c1=O. The Morgan fingerprint density at radius 1 is 1.75 bits per heavy atom. The van der Waals surface area contributed by atoms with Crippen molar-refractivity contribution in [3.8, 4) is 0 Å². The topological polar surface area (TPSA) is 68.2 Å². The van der Waals surface area contributed by atoms with E-state index in [1.807, 2.05) is 0 Å². The van der Waals surface area contributed by atoms with Gasteiger partial charge < -0.3 is 19.9 Å². The van der Waals surface area contributed by atoms with Crippen molar-refractivity contribution >= 4 is 5.82 Å². The Morgan fingerprint density at radius 2 is 2.62 bits per heavy atom. The lowest BCUT2D eigenvalue weighted by atomic mass is 10.3. The van der Waals surface area contributed by atoms with Gasteiger partial charge in [0.25, 0.3) is 5.56 Å². The molecule has 88 valence electrons. The van der Waals surface area contributed by atoms with Gasteiger partial charge in [-0.15, -0.1) is 0 Å². The Kier molecular flexibility index (Phi) is 3.53. The van der Waals surface area contributed by atoms with E-state index in [0.717, 1.165) is 13.1 Å². The molecule has 0 saturated carbocycles. The Hall–Kier alpha value is -1.40. The number of hydrogen-bond acceptors (Lipinski definition) is 5. The van der Waals surface area contributed by atoms with Crippen molar-refractivity contribution in [1.29, 1.82) is 0 Å². The molecule has 1 saturated heterocycles. The minimum absolute atomic E-state index is 0.0977. The molecule has 0 unspecified atom stereocenters. The number of ether oxygens (including phenoxy) is 1. The summed E-state index contributed by atoms with van der Waals surface area (Å²) in [6, 6.07) is 0. The highest BCUT2D eigenvalue weighted by molar-refractivity contribution is 5.30. The Morgan fingerprint density at radius 3 is 3.38 bits per heavy atom.